The van der Waals surface area contributed by atoms with Crippen molar-refractivity contribution in [1.82, 2.24) is 9.55 Å². The summed E-state index contributed by atoms with van der Waals surface area (Å²) in [4.78, 5) is 4.00. The predicted molar refractivity (Wildman–Crippen MR) is 66.5 cm³/mol. The molecule has 17 heavy (non-hydrogen) atoms. The summed E-state index contributed by atoms with van der Waals surface area (Å²) in [6.07, 6.45) is 3.44. The first-order valence-corrected chi connectivity index (χ1v) is 5.52. The van der Waals surface area contributed by atoms with Crippen molar-refractivity contribution in [2.75, 3.05) is 0 Å². The highest BCUT2D eigenvalue weighted by Crippen LogP contribution is 2.08. The number of imidazole rings is 1. The average molecular weight is 247 g/mol. The molecular weight excluding hydrogens is 236 g/mol. The van der Waals surface area contributed by atoms with Gasteiger partial charge in [-0.25, -0.2) is 4.98 Å². The molecule has 1 heterocycles. The molecule has 2 rings (SSSR count). The number of aromatic nitrogens is 2. The van der Waals surface area contributed by atoms with Gasteiger partial charge in [0.2, 0.25) is 0 Å². The van der Waals surface area contributed by atoms with Crippen LogP contribution >= 0.6 is 11.6 Å². The largest absolute Gasteiger partial charge is 0.388 e. The van der Waals surface area contributed by atoms with Gasteiger partial charge in [0.05, 0.1) is 6.54 Å². The normalized spacial score (nSPS) is 9.76. The van der Waals surface area contributed by atoms with E-state index in [1.165, 1.54) is 0 Å². The molecule has 0 atom stereocenters. The Bertz CT molecular complexity index is 549. The topological polar surface area (TPSA) is 38.1 Å². The van der Waals surface area contributed by atoms with Gasteiger partial charge in [-0.1, -0.05) is 23.4 Å². The van der Waals surface area contributed by atoms with Crippen molar-refractivity contribution in [3.8, 4) is 11.8 Å². The molecule has 1 N–H and O–H groups in total. The highest BCUT2D eigenvalue weighted by atomic mass is 35.5. The van der Waals surface area contributed by atoms with Crippen molar-refractivity contribution in [3.63, 3.8) is 0 Å². The Balaban J connectivity index is 2.06. The van der Waals surface area contributed by atoms with E-state index in [4.69, 9.17) is 16.7 Å². The zero-order valence-electron chi connectivity index (χ0n) is 9.10. The lowest BCUT2D eigenvalue weighted by Gasteiger charge is -1.99. The van der Waals surface area contributed by atoms with Crippen molar-refractivity contribution < 1.29 is 5.11 Å². The van der Waals surface area contributed by atoms with E-state index in [1.807, 2.05) is 28.8 Å². The van der Waals surface area contributed by atoms with Gasteiger partial charge >= 0.3 is 0 Å². The first kappa shape index (κ1) is 11.7. The Morgan fingerprint density at radius 2 is 2.06 bits per heavy atom. The number of hydrogen-bond acceptors (Lipinski definition) is 2. The van der Waals surface area contributed by atoms with Crippen LogP contribution in [0.4, 0.5) is 0 Å². The second-order valence-corrected chi connectivity index (χ2v) is 3.87. The molecule has 3 nitrogen and oxygen atoms in total. The smallest absolute Gasteiger partial charge is 0.135 e. The second-order valence-electron chi connectivity index (χ2n) is 3.44. The quantitative estimate of drug-likeness (QED) is 0.824. The van der Waals surface area contributed by atoms with Crippen LogP contribution in [0.1, 0.15) is 11.4 Å². The first-order valence-electron chi connectivity index (χ1n) is 5.15. The highest BCUT2D eigenvalue weighted by Gasteiger charge is 1.97. The monoisotopic (exact) mass is 246 g/mol. The van der Waals surface area contributed by atoms with Crippen LogP contribution in [0.25, 0.3) is 0 Å². The van der Waals surface area contributed by atoms with E-state index in [-0.39, 0.29) is 6.61 Å². The Morgan fingerprint density at radius 1 is 1.29 bits per heavy atom. The molecule has 0 aliphatic carbocycles. The van der Waals surface area contributed by atoms with Gasteiger partial charge in [-0.2, -0.15) is 0 Å². The van der Waals surface area contributed by atoms with Gasteiger partial charge in [0.25, 0.3) is 0 Å². The maximum absolute atomic E-state index is 9.01. The first-order chi connectivity index (χ1) is 8.29. The summed E-state index contributed by atoms with van der Waals surface area (Å²) in [5.41, 5.74) is 0.917. The summed E-state index contributed by atoms with van der Waals surface area (Å²) in [7, 11) is 0. The lowest BCUT2D eigenvalue weighted by molar-refractivity contribution is 0.266. The van der Waals surface area contributed by atoms with Gasteiger partial charge in [-0.05, 0) is 24.3 Å². The molecule has 4 heteroatoms. The van der Waals surface area contributed by atoms with E-state index in [0.29, 0.717) is 17.4 Å². The van der Waals surface area contributed by atoms with Gasteiger partial charge in [-0.15, -0.1) is 0 Å². The molecule has 2 aromatic rings. The summed E-state index contributed by atoms with van der Waals surface area (Å²) in [6, 6.07) is 7.36. The van der Waals surface area contributed by atoms with E-state index in [0.717, 1.165) is 5.56 Å². The third-order valence-electron chi connectivity index (χ3n) is 2.27. The maximum atomic E-state index is 9.01. The number of rotatable bonds is 2. The van der Waals surface area contributed by atoms with E-state index >= 15 is 0 Å². The number of nitrogens with zero attached hydrogens (tertiary/aromatic N) is 2. The number of hydrogen-bond donors (Lipinski definition) is 1. The molecule has 0 spiro atoms. The fraction of sp³-hybridized carbons (Fsp3) is 0.154. The van der Waals surface area contributed by atoms with Crippen molar-refractivity contribution >= 4 is 11.6 Å². The predicted octanol–water partition coefficient (Wildman–Crippen LogP) is 2.08. The SMILES string of the molecule is OCc1nccn1CC#Cc1ccc(Cl)cc1. The van der Waals surface area contributed by atoms with Gasteiger partial charge in [0.15, 0.2) is 0 Å². The molecule has 0 saturated heterocycles. The van der Waals surface area contributed by atoms with E-state index in [2.05, 4.69) is 16.8 Å². The number of aliphatic hydroxyl groups excluding tert-OH is 1. The lowest BCUT2D eigenvalue weighted by Crippen LogP contribution is -2.01. The molecule has 0 fully saturated rings. The molecule has 0 unspecified atom stereocenters. The second kappa shape index (κ2) is 5.53. The zero-order valence-corrected chi connectivity index (χ0v) is 9.85. The minimum absolute atomic E-state index is 0.0738. The summed E-state index contributed by atoms with van der Waals surface area (Å²) in [5.74, 6) is 6.66. The average Bonchev–Trinajstić information content (AvgIpc) is 2.79. The summed E-state index contributed by atoms with van der Waals surface area (Å²) >= 11 is 5.78. The van der Waals surface area contributed by atoms with Crippen LogP contribution < -0.4 is 0 Å². The fourth-order valence-electron chi connectivity index (χ4n) is 1.40. The molecule has 1 aromatic heterocycles. The molecule has 1 aromatic carbocycles. The summed E-state index contributed by atoms with van der Waals surface area (Å²) in [5, 5.41) is 9.71. The van der Waals surface area contributed by atoms with Crippen LogP contribution in [0, 0.1) is 11.8 Å². The molecular formula is C13H11ClN2O. The lowest BCUT2D eigenvalue weighted by atomic mass is 10.2. The van der Waals surface area contributed by atoms with Crippen molar-refractivity contribution in [1.29, 1.82) is 0 Å². The fourth-order valence-corrected chi connectivity index (χ4v) is 1.52. The van der Waals surface area contributed by atoms with E-state index in [1.54, 1.807) is 12.4 Å². The highest BCUT2D eigenvalue weighted by molar-refractivity contribution is 6.30. The van der Waals surface area contributed by atoms with Crippen molar-refractivity contribution in [2.24, 2.45) is 0 Å². The van der Waals surface area contributed by atoms with Crippen LogP contribution in [0.15, 0.2) is 36.7 Å². The molecule has 0 bridgehead atoms. The molecule has 0 aliphatic rings. The Hall–Kier alpha value is -1.76. The Kier molecular flexibility index (Phi) is 3.81. The maximum Gasteiger partial charge on any atom is 0.135 e. The van der Waals surface area contributed by atoms with Crippen molar-refractivity contribution in [3.05, 3.63) is 53.1 Å². The number of halogens is 1. The van der Waals surface area contributed by atoms with E-state index < -0.39 is 0 Å². The minimum atomic E-state index is -0.0738. The molecule has 0 saturated carbocycles. The minimum Gasteiger partial charge on any atom is -0.388 e. The third-order valence-corrected chi connectivity index (χ3v) is 2.52. The van der Waals surface area contributed by atoms with Gasteiger partial charge in [0, 0.05) is 23.0 Å². The zero-order chi connectivity index (χ0) is 12.1. The molecule has 86 valence electrons. The van der Waals surface area contributed by atoms with Crippen LogP contribution in [0.2, 0.25) is 5.02 Å². The van der Waals surface area contributed by atoms with Gasteiger partial charge < -0.3 is 9.67 Å². The van der Waals surface area contributed by atoms with Crippen molar-refractivity contribution in [2.45, 2.75) is 13.2 Å². The molecule has 0 amide bonds. The van der Waals surface area contributed by atoms with Crippen LogP contribution in [-0.2, 0) is 13.2 Å². The van der Waals surface area contributed by atoms with Crippen LogP contribution in [0.5, 0.6) is 0 Å². The van der Waals surface area contributed by atoms with Gasteiger partial charge in [-0.3, -0.25) is 0 Å². The number of benzene rings is 1. The van der Waals surface area contributed by atoms with Crippen LogP contribution in [-0.4, -0.2) is 14.7 Å². The number of aliphatic hydroxyl groups is 1. The summed E-state index contributed by atoms with van der Waals surface area (Å²) < 4.78 is 1.81. The third kappa shape index (κ3) is 3.10. The molecule has 0 radical (unpaired) electrons. The summed E-state index contributed by atoms with van der Waals surface area (Å²) in [6.45, 7) is 0.439. The Morgan fingerprint density at radius 3 is 2.76 bits per heavy atom. The van der Waals surface area contributed by atoms with Gasteiger partial charge in [0.1, 0.15) is 12.4 Å². The standard InChI is InChI=1S/C13H11ClN2O/c14-12-5-3-11(4-6-12)2-1-8-16-9-7-15-13(16)10-17/h3-7,9,17H,8,10H2. The Labute approximate surface area is 105 Å². The van der Waals surface area contributed by atoms with E-state index in [9.17, 15) is 0 Å². The molecule has 0 aliphatic heterocycles. The van der Waals surface area contributed by atoms with Crippen LogP contribution in [0.3, 0.4) is 0 Å².